The highest BCUT2D eigenvalue weighted by atomic mass is 16.4. The molecule has 19 heavy (non-hydrogen) atoms. The number of likely N-dealkylation sites (tertiary alicyclic amines) is 1. The molecular weight excluding hydrogens is 244 g/mol. The molecule has 0 bridgehead atoms. The SMILES string of the molecule is CC(CC(=O)O)CC(=O)N1CCC(CN(C)C)CC1. The molecule has 0 aromatic rings. The predicted octanol–water partition coefficient (Wildman–Crippen LogP) is 1.29. The van der Waals surface area contributed by atoms with Gasteiger partial charge in [-0.2, -0.15) is 0 Å². The Kier molecular flexibility index (Phi) is 6.28. The summed E-state index contributed by atoms with van der Waals surface area (Å²) in [7, 11) is 4.15. The average Bonchev–Trinajstić information content (AvgIpc) is 2.27. The zero-order chi connectivity index (χ0) is 14.4. The summed E-state index contributed by atoms with van der Waals surface area (Å²) in [6.45, 7) is 4.54. The third kappa shape index (κ3) is 6.05. The topological polar surface area (TPSA) is 60.9 Å². The van der Waals surface area contributed by atoms with Gasteiger partial charge in [0.05, 0.1) is 0 Å². The number of aliphatic carboxylic acids is 1. The lowest BCUT2D eigenvalue weighted by Gasteiger charge is -2.33. The molecule has 1 atom stereocenters. The van der Waals surface area contributed by atoms with Crippen LogP contribution in [0.2, 0.25) is 0 Å². The Morgan fingerprint density at radius 2 is 1.84 bits per heavy atom. The third-order valence-corrected chi connectivity index (χ3v) is 3.64. The summed E-state index contributed by atoms with van der Waals surface area (Å²) in [6, 6.07) is 0. The van der Waals surface area contributed by atoms with Crippen LogP contribution in [-0.4, -0.2) is 60.5 Å². The summed E-state index contributed by atoms with van der Waals surface area (Å²) in [6.07, 6.45) is 2.53. The van der Waals surface area contributed by atoms with Gasteiger partial charge in [-0.15, -0.1) is 0 Å². The van der Waals surface area contributed by atoms with Crippen molar-refractivity contribution in [3.8, 4) is 0 Å². The fraction of sp³-hybridized carbons (Fsp3) is 0.857. The minimum absolute atomic E-state index is 0.0723. The van der Waals surface area contributed by atoms with Crippen LogP contribution >= 0.6 is 0 Å². The lowest BCUT2D eigenvalue weighted by atomic mass is 9.95. The first-order chi connectivity index (χ1) is 8.88. The van der Waals surface area contributed by atoms with Gasteiger partial charge in [0.15, 0.2) is 0 Å². The van der Waals surface area contributed by atoms with E-state index in [2.05, 4.69) is 19.0 Å². The maximum Gasteiger partial charge on any atom is 0.303 e. The Balaban J connectivity index is 2.30. The van der Waals surface area contributed by atoms with Gasteiger partial charge in [0.25, 0.3) is 0 Å². The highest BCUT2D eigenvalue weighted by Gasteiger charge is 2.24. The van der Waals surface area contributed by atoms with Gasteiger partial charge in [-0.3, -0.25) is 9.59 Å². The number of carboxylic acids is 1. The van der Waals surface area contributed by atoms with Gasteiger partial charge in [-0.05, 0) is 38.8 Å². The molecule has 5 heteroatoms. The Labute approximate surface area is 115 Å². The van der Waals surface area contributed by atoms with Crippen LogP contribution in [0.1, 0.15) is 32.6 Å². The van der Waals surface area contributed by atoms with E-state index in [1.807, 2.05) is 11.8 Å². The van der Waals surface area contributed by atoms with E-state index in [4.69, 9.17) is 5.11 Å². The number of hydrogen-bond acceptors (Lipinski definition) is 3. The highest BCUT2D eigenvalue weighted by Crippen LogP contribution is 2.19. The van der Waals surface area contributed by atoms with E-state index < -0.39 is 5.97 Å². The average molecular weight is 270 g/mol. The van der Waals surface area contributed by atoms with Crippen LogP contribution in [0.15, 0.2) is 0 Å². The fourth-order valence-electron chi connectivity index (χ4n) is 2.68. The smallest absolute Gasteiger partial charge is 0.303 e. The molecule has 0 spiro atoms. The van der Waals surface area contributed by atoms with E-state index in [9.17, 15) is 9.59 Å². The summed E-state index contributed by atoms with van der Waals surface area (Å²) in [5.41, 5.74) is 0. The van der Waals surface area contributed by atoms with Crippen molar-refractivity contribution >= 4 is 11.9 Å². The Hall–Kier alpha value is -1.10. The van der Waals surface area contributed by atoms with Crippen molar-refractivity contribution in [2.75, 3.05) is 33.7 Å². The van der Waals surface area contributed by atoms with E-state index in [-0.39, 0.29) is 18.2 Å². The number of hydrogen-bond donors (Lipinski definition) is 1. The van der Waals surface area contributed by atoms with Crippen molar-refractivity contribution in [1.82, 2.24) is 9.80 Å². The van der Waals surface area contributed by atoms with Gasteiger partial charge in [0, 0.05) is 32.5 Å². The lowest BCUT2D eigenvalue weighted by molar-refractivity contribution is -0.138. The van der Waals surface area contributed by atoms with Crippen molar-refractivity contribution in [3.63, 3.8) is 0 Å². The van der Waals surface area contributed by atoms with Crippen molar-refractivity contribution in [2.24, 2.45) is 11.8 Å². The molecule has 0 aromatic carbocycles. The van der Waals surface area contributed by atoms with E-state index in [1.54, 1.807) is 0 Å². The predicted molar refractivity (Wildman–Crippen MR) is 73.9 cm³/mol. The molecule has 0 radical (unpaired) electrons. The van der Waals surface area contributed by atoms with Crippen LogP contribution in [0.4, 0.5) is 0 Å². The number of carbonyl (C=O) groups excluding carboxylic acids is 1. The van der Waals surface area contributed by atoms with Crippen molar-refractivity contribution in [2.45, 2.75) is 32.6 Å². The standard InChI is InChI=1S/C14H26N2O3/c1-11(9-14(18)19)8-13(17)16-6-4-12(5-7-16)10-15(2)3/h11-12H,4-10H2,1-3H3,(H,18,19). The first-order valence-corrected chi connectivity index (χ1v) is 7.02. The molecule has 1 rings (SSSR count). The number of nitrogens with zero attached hydrogens (tertiary/aromatic N) is 2. The zero-order valence-corrected chi connectivity index (χ0v) is 12.3. The second kappa shape index (κ2) is 7.48. The van der Waals surface area contributed by atoms with Crippen molar-refractivity contribution in [1.29, 1.82) is 0 Å². The molecular formula is C14H26N2O3. The van der Waals surface area contributed by atoms with E-state index in [1.165, 1.54) is 0 Å². The first-order valence-electron chi connectivity index (χ1n) is 7.02. The van der Waals surface area contributed by atoms with Crippen LogP contribution in [-0.2, 0) is 9.59 Å². The number of carbonyl (C=O) groups is 2. The van der Waals surface area contributed by atoms with Crippen LogP contribution in [0.5, 0.6) is 0 Å². The monoisotopic (exact) mass is 270 g/mol. The minimum Gasteiger partial charge on any atom is -0.481 e. The van der Waals surface area contributed by atoms with Gasteiger partial charge < -0.3 is 14.9 Å². The molecule has 1 aliphatic rings. The number of piperidine rings is 1. The molecule has 1 unspecified atom stereocenters. The van der Waals surface area contributed by atoms with Gasteiger partial charge >= 0.3 is 5.97 Å². The van der Waals surface area contributed by atoms with Crippen LogP contribution < -0.4 is 0 Å². The first kappa shape index (κ1) is 16.0. The van der Waals surface area contributed by atoms with Crippen molar-refractivity contribution < 1.29 is 14.7 Å². The van der Waals surface area contributed by atoms with E-state index in [0.29, 0.717) is 12.3 Å². The maximum atomic E-state index is 12.0. The molecule has 1 fully saturated rings. The summed E-state index contributed by atoms with van der Waals surface area (Å²) in [5, 5.41) is 8.70. The van der Waals surface area contributed by atoms with Gasteiger partial charge in [0.1, 0.15) is 0 Å². The molecule has 110 valence electrons. The lowest BCUT2D eigenvalue weighted by Crippen LogP contribution is -2.41. The summed E-state index contributed by atoms with van der Waals surface area (Å²) >= 11 is 0. The molecule has 1 heterocycles. The molecule has 0 aromatic heterocycles. The van der Waals surface area contributed by atoms with Crippen LogP contribution in [0.3, 0.4) is 0 Å². The number of carboxylic acid groups (broad SMARTS) is 1. The van der Waals surface area contributed by atoms with Gasteiger partial charge in [0.2, 0.25) is 5.91 Å². The van der Waals surface area contributed by atoms with E-state index >= 15 is 0 Å². The minimum atomic E-state index is -0.829. The molecule has 0 saturated carbocycles. The second-order valence-electron chi connectivity index (χ2n) is 5.99. The maximum absolute atomic E-state index is 12.0. The molecule has 1 N–H and O–H groups in total. The summed E-state index contributed by atoms with van der Waals surface area (Å²) in [5.74, 6) is -0.123. The van der Waals surface area contributed by atoms with E-state index in [0.717, 1.165) is 32.5 Å². The fourth-order valence-corrected chi connectivity index (χ4v) is 2.68. The number of rotatable bonds is 6. The Morgan fingerprint density at radius 1 is 1.26 bits per heavy atom. The molecule has 1 aliphatic heterocycles. The highest BCUT2D eigenvalue weighted by molar-refractivity contribution is 5.77. The Morgan fingerprint density at radius 3 is 2.32 bits per heavy atom. The summed E-state index contributed by atoms with van der Waals surface area (Å²) in [4.78, 5) is 26.7. The van der Waals surface area contributed by atoms with Crippen LogP contribution in [0, 0.1) is 11.8 Å². The molecule has 1 amide bonds. The Bertz CT molecular complexity index is 310. The number of amides is 1. The third-order valence-electron chi connectivity index (χ3n) is 3.64. The van der Waals surface area contributed by atoms with Gasteiger partial charge in [-0.25, -0.2) is 0 Å². The molecule has 1 saturated heterocycles. The quantitative estimate of drug-likeness (QED) is 0.790. The van der Waals surface area contributed by atoms with Crippen LogP contribution in [0.25, 0.3) is 0 Å². The van der Waals surface area contributed by atoms with Gasteiger partial charge in [-0.1, -0.05) is 6.92 Å². The van der Waals surface area contributed by atoms with Crippen molar-refractivity contribution in [3.05, 3.63) is 0 Å². The summed E-state index contributed by atoms with van der Waals surface area (Å²) < 4.78 is 0. The molecule has 0 aliphatic carbocycles. The zero-order valence-electron chi connectivity index (χ0n) is 12.3. The largest absolute Gasteiger partial charge is 0.481 e. The second-order valence-corrected chi connectivity index (χ2v) is 5.99. The normalized spacial score (nSPS) is 18.6. The molecule has 5 nitrogen and oxygen atoms in total.